The van der Waals surface area contributed by atoms with Crippen molar-refractivity contribution in [3.05, 3.63) is 29.8 Å². The maximum absolute atomic E-state index is 8.49. The van der Waals surface area contributed by atoms with E-state index >= 15 is 0 Å². The van der Waals surface area contributed by atoms with Crippen LogP contribution in [0.15, 0.2) is 24.3 Å². The standard InChI is InChI=1S/C13H18N.ClHO4/c1-5-12-13(2,3)10-8-6-7-9-11(10)14(12)4;2-1(3,4)5/h6-9H,5H2,1-4H3;(H,2,3,4,5)/q+1;/p-1. The van der Waals surface area contributed by atoms with Crippen LogP contribution in [0.25, 0.3) is 0 Å². The largest absolute Gasteiger partial charge is 0.222 e. The number of rotatable bonds is 1. The lowest BCUT2D eigenvalue weighted by molar-refractivity contribution is -2.00. The third kappa shape index (κ3) is 3.75. The van der Waals surface area contributed by atoms with Gasteiger partial charge < -0.3 is 0 Å². The van der Waals surface area contributed by atoms with E-state index in [1.165, 1.54) is 17.0 Å². The van der Waals surface area contributed by atoms with E-state index in [0.717, 1.165) is 6.42 Å². The number of benzene rings is 1. The first-order valence-electron chi connectivity index (χ1n) is 5.90. The van der Waals surface area contributed by atoms with Crippen LogP contribution in [0.4, 0.5) is 5.69 Å². The van der Waals surface area contributed by atoms with E-state index in [2.05, 4.69) is 56.7 Å². The lowest BCUT2D eigenvalue weighted by atomic mass is 9.81. The molecule has 1 aliphatic rings. The fourth-order valence-corrected chi connectivity index (χ4v) is 2.69. The minimum absolute atomic E-state index is 0.208. The Balaban J connectivity index is 0.000000312. The highest BCUT2D eigenvalue weighted by atomic mass is 35.7. The summed E-state index contributed by atoms with van der Waals surface area (Å²) in [6.45, 7) is 6.86. The number of hydrogen-bond acceptors (Lipinski definition) is 4. The first-order valence-corrected chi connectivity index (χ1v) is 7.13. The molecule has 0 saturated carbocycles. The lowest BCUT2D eigenvalue weighted by Crippen LogP contribution is -2.68. The Morgan fingerprint density at radius 1 is 1.11 bits per heavy atom. The third-order valence-electron chi connectivity index (χ3n) is 3.40. The summed E-state index contributed by atoms with van der Waals surface area (Å²) in [5.74, 6) is 0. The van der Waals surface area contributed by atoms with Crippen molar-refractivity contribution in [2.75, 3.05) is 7.05 Å². The molecule has 0 aromatic heterocycles. The number of para-hydroxylation sites is 1. The fourth-order valence-electron chi connectivity index (χ4n) is 2.69. The zero-order chi connectivity index (χ0) is 14.8. The minimum Gasteiger partial charge on any atom is -0.222 e. The predicted molar refractivity (Wildman–Crippen MR) is 60.6 cm³/mol. The first-order chi connectivity index (χ1) is 8.59. The van der Waals surface area contributed by atoms with Gasteiger partial charge in [-0.3, -0.25) is 0 Å². The minimum atomic E-state index is -4.94. The van der Waals surface area contributed by atoms with Crippen molar-refractivity contribution in [2.45, 2.75) is 32.6 Å². The average Bonchev–Trinajstić information content (AvgIpc) is 2.45. The lowest BCUT2D eigenvalue weighted by Gasteiger charge is -2.17. The van der Waals surface area contributed by atoms with Crippen LogP contribution in [0.1, 0.15) is 32.8 Å². The van der Waals surface area contributed by atoms with Gasteiger partial charge in [-0.15, -0.1) is 10.2 Å². The van der Waals surface area contributed by atoms with E-state index in [1.807, 2.05) is 0 Å². The highest BCUT2D eigenvalue weighted by molar-refractivity contribution is 5.94. The molecular weight excluding hydrogens is 270 g/mol. The van der Waals surface area contributed by atoms with Gasteiger partial charge in [-0.2, -0.15) is 0 Å². The molecule has 5 nitrogen and oxygen atoms in total. The summed E-state index contributed by atoms with van der Waals surface area (Å²) in [6, 6.07) is 8.70. The van der Waals surface area contributed by atoms with Crippen LogP contribution >= 0.6 is 0 Å². The van der Waals surface area contributed by atoms with Gasteiger partial charge in [-0.05, 0) is 13.8 Å². The van der Waals surface area contributed by atoms with Gasteiger partial charge in [0.25, 0.3) is 0 Å². The molecule has 0 bridgehead atoms. The van der Waals surface area contributed by atoms with Gasteiger partial charge in [0.15, 0.2) is 5.71 Å². The molecule has 0 unspecified atom stereocenters. The van der Waals surface area contributed by atoms with Crippen LogP contribution in [0, 0.1) is 10.2 Å². The summed E-state index contributed by atoms with van der Waals surface area (Å²) >= 11 is 0. The summed E-state index contributed by atoms with van der Waals surface area (Å²) in [6.07, 6.45) is 1.12. The Hall–Kier alpha value is -0.980. The van der Waals surface area contributed by atoms with Crippen LogP contribution in [-0.2, 0) is 5.41 Å². The molecule has 0 amide bonds. The second kappa shape index (κ2) is 5.56. The van der Waals surface area contributed by atoms with Crippen molar-refractivity contribution < 1.29 is 33.5 Å². The van der Waals surface area contributed by atoms with Gasteiger partial charge in [0.1, 0.15) is 7.05 Å². The topological polar surface area (TPSA) is 95.2 Å². The van der Waals surface area contributed by atoms with E-state index in [-0.39, 0.29) is 5.41 Å². The molecule has 6 heteroatoms. The number of hydrogen-bond donors (Lipinski definition) is 0. The van der Waals surface area contributed by atoms with Crippen molar-refractivity contribution >= 4 is 11.4 Å². The van der Waals surface area contributed by atoms with Crippen molar-refractivity contribution in [1.82, 2.24) is 0 Å². The van der Waals surface area contributed by atoms with Crippen LogP contribution < -0.4 is 18.6 Å². The smallest absolute Gasteiger partial charge is 0.209 e. The van der Waals surface area contributed by atoms with Crippen LogP contribution in [0.2, 0.25) is 0 Å². The molecule has 0 fully saturated rings. The van der Waals surface area contributed by atoms with E-state index in [0.29, 0.717) is 0 Å². The average molecular weight is 288 g/mol. The van der Waals surface area contributed by atoms with Gasteiger partial charge in [0.05, 0.1) is 5.41 Å². The van der Waals surface area contributed by atoms with E-state index in [4.69, 9.17) is 18.6 Å². The summed E-state index contributed by atoms with van der Waals surface area (Å²) in [5.41, 5.74) is 4.55. The zero-order valence-electron chi connectivity index (χ0n) is 11.5. The number of halogens is 1. The van der Waals surface area contributed by atoms with Crippen LogP contribution in [-0.4, -0.2) is 17.3 Å². The Kier molecular flexibility index (Phi) is 4.71. The van der Waals surface area contributed by atoms with Gasteiger partial charge in [0, 0.05) is 18.1 Å². The predicted octanol–water partition coefficient (Wildman–Crippen LogP) is -1.65. The Bertz CT molecular complexity index is 486. The second-order valence-corrected chi connectivity index (χ2v) is 5.64. The Morgan fingerprint density at radius 3 is 2.00 bits per heavy atom. The van der Waals surface area contributed by atoms with Crippen LogP contribution in [0.5, 0.6) is 0 Å². The third-order valence-corrected chi connectivity index (χ3v) is 3.40. The van der Waals surface area contributed by atoms with Crippen molar-refractivity contribution in [3.63, 3.8) is 0 Å². The SMILES string of the molecule is CCC1=[N+](C)c2ccccc2C1(C)C.[O-][Cl+3]([O-])([O-])[O-]. The molecule has 2 rings (SSSR count). The maximum atomic E-state index is 8.49. The molecule has 1 aromatic carbocycles. The zero-order valence-corrected chi connectivity index (χ0v) is 12.2. The van der Waals surface area contributed by atoms with E-state index in [9.17, 15) is 0 Å². The molecule has 106 valence electrons. The quantitative estimate of drug-likeness (QED) is 0.578. The number of nitrogens with zero attached hydrogens (tertiary/aromatic N) is 1. The van der Waals surface area contributed by atoms with Gasteiger partial charge in [-0.25, -0.2) is 23.2 Å². The van der Waals surface area contributed by atoms with Gasteiger partial charge >= 0.3 is 0 Å². The van der Waals surface area contributed by atoms with Crippen molar-refractivity contribution in [1.29, 1.82) is 0 Å². The molecule has 19 heavy (non-hydrogen) atoms. The summed E-state index contributed by atoms with van der Waals surface area (Å²) < 4.78 is 36.3. The normalized spacial score (nSPS) is 16.8. The summed E-state index contributed by atoms with van der Waals surface area (Å²) in [7, 11) is -2.77. The molecule has 0 aliphatic carbocycles. The molecule has 0 atom stereocenters. The van der Waals surface area contributed by atoms with Crippen LogP contribution in [0.3, 0.4) is 0 Å². The highest BCUT2D eigenvalue weighted by Crippen LogP contribution is 2.39. The highest BCUT2D eigenvalue weighted by Gasteiger charge is 2.42. The summed E-state index contributed by atoms with van der Waals surface area (Å²) in [5, 5.41) is 0. The molecule has 1 aromatic rings. The monoisotopic (exact) mass is 287 g/mol. The second-order valence-electron chi connectivity index (χ2n) is 4.88. The van der Waals surface area contributed by atoms with E-state index in [1.54, 1.807) is 0 Å². The van der Waals surface area contributed by atoms with Crippen molar-refractivity contribution in [3.8, 4) is 0 Å². The van der Waals surface area contributed by atoms with Crippen molar-refractivity contribution in [2.24, 2.45) is 0 Å². The molecule has 1 aliphatic heterocycles. The molecule has 0 N–H and O–H groups in total. The Morgan fingerprint density at radius 2 is 1.58 bits per heavy atom. The molecular formula is C13H18ClNO4. The molecule has 0 radical (unpaired) electrons. The molecule has 0 saturated heterocycles. The van der Waals surface area contributed by atoms with Gasteiger partial charge in [-0.1, -0.05) is 25.1 Å². The number of fused-ring (bicyclic) bond motifs is 1. The fraction of sp³-hybridized carbons (Fsp3) is 0.462. The van der Waals surface area contributed by atoms with Gasteiger partial charge in [0.2, 0.25) is 5.69 Å². The molecule has 1 heterocycles. The maximum Gasteiger partial charge on any atom is 0.209 e. The Labute approximate surface area is 115 Å². The van der Waals surface area contributed by atoms with E-state index < -0.39 is 10.2 Å². The molecule has 0 spiro atoms. The first kappa shape index (κ1) is 16.1. The summed E-state index contributed by atoms with van der Waals surface area (Å²) in [4.78, 5) is 0.